The number of aryl methyl sites for hydroxylation is 2. The Kier molecular flexibility index (Phi) is 5.87. The lowest BCUT2D eigenvalue weighted by Gasteiger charge is -2.04. The summed E-state index contributed by atoms with van der Waals surface area (Å²) in [6.45, 7) is 4.07. The quantitative estimate of drug-likeness (QED) is 0.438. The van der Waals surface area contributed by atoms with E-state index in [1.165, 1.54) is 11.1 Å². The molecule has 0 atom stereocenters. The highest BCUT2D eigenvalue weighted by atomic mass is 35.5. The molecule has 0 aromatic heterocycles. The molecule has 0 aliphatic rings. The lowest BCUT2D eigenvalue weighted by molar-refractivity contribution is 1.43. The lowest BCUT2D eigenvalue weighted by atomic mass is 10.1. The zero-order valence-corrected chi connectivity index (χ0v) is 16.1. The first-order valence-electron chi connectivity index (χ1n) is 8.24. The fourth-order valence-electron chi connectivity index (χ4n) is 2.37. The first-order valence-corrected chi connectivity index (χ1v) is 8.99. The van der Waals surface area contributed by atoms with Crippen molar-refractivity contribution in [2.75, 3.05) is 0 Å². The summed E-state index contributed by atoms with van der Waals surface area (Å²) in [6, 6.07) is 23.4. The fraction of sp³-hybridized carbons (Fsp3) is 0.0909. The van der Waals surface area contributed by atoms with Crippen LogP contribution in [-0.2, 0) is 0 Å². The molecule has 0 saturated heterocycles. The summed E-state index contributed by atoms with van der Waals surface area (Å²) in [5.41, 5.74) is 5.57. The second kappa shape index (κ2) is 8.31. The van der Waals surface area contributed by atoms with Crippen molar-refractivity contribution in [3.8, 4) is 0 Å². The molecule has 26 heavy (non-hydrogen) atoms. The Labute approximate surface area is 163 Å². The second-order valence-corrected chi connectivity index (χ2v) is 6.77. The smallest absolute Gasteiger partial charge is 0.136 e. The molecule has 0 spiro atoms. The first kappa shape index (κ1) is 18.4. The zero-order chi connectivity index (χ0) is 18.5. The van der Waals surface area contributed by atoms with Crippen LogP contribution in [0.5, 0.6) is 0 Å². The van der Waals surface area contributed by atoms with Crippen LogP contribution in [0.2, 0.25) is 0 Å². The molecule has 3 rings (SSSR count). The Hall–Kier alpha value is -2.42. The summed E-state index contributed by atoms with van der Waals surface area (Å²) in [4.78, 5) is 8.93. The third-order valence-corrected chi connectivity index (χ3v) is 4.47. The van der Waals surface area contributed by atoms with Crippen molar-refractivity contribution >= 4 is 44.9 Å². The van der Waals surface area contributed by atoms with Crippen molar-refractivity contribution in [3.63, 3.8) is 0 Å². The first-order chi connectivity index (χ1) is 12.5. The minimum Gasteiger partial charge on any atom is -0.236 e. The van der Waals surface area contributed by atoms with Crippen molar-refractivity contribution < 1.29 is 0 Å². The second-order valence-electron chi connectivity index (χ2n) is 6.06. The van der Waals surface area contributed by atoms with Gasteiger partial charge in [0, 0.05) is 11.1 Å². The number of aliphatic imine (C=N–C) groups is 2. The number of hydrogen-bond donors (Lipinski definition) is 0. The predicted octanol–water partition coefficient (Wildman–Crippen LogP) is 6.94. The van der Waals surface area contributed by atoms with Gasteiger partial charge in [0.2, 0.25) is 0 Å². The van der Waals surface area contributed by atoms with Gasteiger partial charge in [0.05, 0.1) is 11.4 Å². The summed E-state index contributed by atoms with van der Waals surface area (Å²) >= 11 is 12.8. The van der Waals surface area contributed by atoms with E-state index in [4.69, 9.17) is 23.2 Å². The van der Waals surface area contributed by atoms with E-state index in [-0.39, 0.29) is 0 Å². The van der Waals surface area contributed by atoms with Crippen LogP contribution in [-0.4, -0.2) is 10.3 Å². The summed E-state index contributed by atoms with van der Waals surface area (Å²) in [6.07, 6.45) is 0. The van der Waals surface area contributed by atoms with Gasteiger partial charge in [0.15, 0.2) is 0 Å². The van der Waals surface area contributed by atoms with E-state index >= 15 is 0 Å². The van der Waals surface area contributed by atoms with E-state index in [0.717, 1.165) is 22.5 Å². The van der Waals surface area contributed by atoms with Gasteiger partial charge in [-0.15, -0.1) is 0 Å². The molecule has 0 aliphatic heterocycles. The van der Waals surface area contributed by atoms with Crippen molar-refractivity contribution in [2.24, 2.45) is 9.98 Å². The molecule has 3 aromatic carbocycles. The number of hydrogen-bond acceptors (Lipinski definition) is 2. The molecule has 0 amide bonds. The fourth-order valence-corrected chi connectivity index (χ4v) is 2.80. The van der Waals surface area contributed by atoms with Gasteiger partial charge in [-0.05, 0) is 44.2 Å². The van der Waals surface area contributed by atoms with Crippen LogP contribution in [0.15, 0.2) is 82.8 Å². The van der Waals surface area contributed by atoms with Gasteiger partial charge >= 0.3 is 0 Å². The minimum atomic E-state index is 0.413. The summed E-state index contributed by atoms with van der Waals surface area (Å²) < 4.78 is 0. The molecule has 3 aromatic rings. The van der Waals surface area contributed by atoms with E-state index < -0.39 is 0 Å². The SMILES string of the molecule is Cc1ccc(N=C(Cl)c2cccc(C(Cl)=Nc3ccc(C)cc3)c2)cc1. The summed E-state index contributed by atoms with van der Waals surface area (Å²) in [5.74, 6) is 0. The van der Waals surface area contributed by atoms with Crippen LogP contribution in [0.4, 0.5) is 11.4 Å². The van der Waals surface area contributed by atoms with Crippen LogP contribution in [0.3, 0.4) is 0 Å². The van der Waals surface area contributed by atoms with Crippen LogP contribution in [0.1, 0.15) is 22.3 Å². The molecule has 0 bridgehead atoms. The van der Waals surface area contributed by atoms with E-state index in [2.05, 4.69) is 9.98 Å². The van der Waals surface area contributed by atoms with E-state index in [1.54, 1.807) is 0 Å². The Morgan fingerprint density at radius 3 is 1.38 bits per heavy atom. The van der Waals surface area contributed by atoms with Crippen molar-refractivity contribution in [3.05, 3.63) is 95.1 Å². The van der Waals surface area contributed by atoms with Crippen molar-refractivity contribution in [1.82, 2.24) is 0 Å². The average Bonchev–Trinajstić information content (AvgIpc) is 2.65. The molecule has 0 unspecified atom stereocenters. The highest BCUT2D eigenvalue weighted by Gasteiger charge is 2.06. The third-order valence-electron chi connectivity index (χ3n) is 3.86. The maximum atomic E-state index is 6.40. The molecule has 4 heteroatoms. The monoisotopic (exact) mass is 380 g/mol. The highest BCUT2D eigenvalue weighted by Crippen LogP contribution is 2.20. The Morgan fingerprint density at radius 2 is 1.00 bits per heavy atom. The normalized spacial score (nSPS) is 12.3. The summed E-state index contributed by atoms with van der Waals surface area (Å²) in [5, 5.41) is 0.825. The van der Waals surface area contributed by atoms with Crippen molar-refractivity contribution in [2.45, 2.75) is 13.8 Å². The number of rotatable bonds is 4. The molecule has 0 aliphatic carbocycles. The zero-order valence-electron chi connectivity index (χ0n) is 14.6. The highest BCUT2D eigenvalue weighted by molar-refractivity contribution is 6.71. The Balaban J connectivity index is 1.87. The Bertz CT molecular complexity index is 879. The molecular weight excluding hydrogens is 363 g/mol. The van der Waals surface area contributed by atoms with Crippen molar-refractivity contribution in [1.29, 1.82) is 0 Å². The standard InChI is InChI=1S/C22H18Cl2N2/c1-15-6-10-19(11-7-15)25-21(23)17-4-3-5-18(14-17)22(24)26-20-12-8-16(2)9-13-20/h3-14H,1-2H3. The van der Waals surface area contributed by atoms with E-state index in [9.17, 15) is 0 Å². The van der Waals surface area contributed by atoms with Gasteiger partial charge in [-0.25, -0.2) is 9.98 Å². The van der Waals surface area contributed by atoms with Gasteiger partial charge in [-0.3, -0.25) is 0 Å². The number of halogens is 2. The molecule has 0 saturated carbocycles. The topological polar surface area (TPSA) is 24.7 Å². The van der Waals surface area contributed by atoms with Crippen LogP contribution in [0.25, 0.3) is 0 Å². The number of benzene rings is 3. The Morgan fingerprint density at radius 1 is 0.615 bits per heavy atom. The number of nitrogens with zero attached hydrogens (tertiary/aromatic N) is 2. The van der Waals surface area contributed by atoms with Gasteiger partial charge in [0.1, 0.15) is 10.3 Å². The average molecular weight is 381 g/mol. The molecule has 0 heterocycles. The third kappa shape index (κ3) is 4.81. The largest absolute Gasteiger partial charge is 0.236 e. The van der Waals surface area contributed by atoms with Gasteiger partial charge in [0.25, 0.3) is 0 Å². The van der Waals surface area contributed by atoms with Crippen LogP contribution >= 0.6 is 23.2 Å². The van der Waals surface area contributed by atoms with Gasteiger partial charge in [-0.2, -0.15) is 0 Å². The molecular formula is C22H18Cl2N2. The molecule has 130 valence electrons. The maximum absolute atomic E-state index is 6.40. The summed E-state index contributed by atoms with van der Waals surface area (Å²) in [7, 11) is 0. The molecule has 2 nitrogen and oxygen atoms in total. The molecule has 0 fully saturated rings. The van der Waals surface area contributed by atoms with Gasteiger partial charge in [-0.1, -0.05) is 76.8 Å². The van der Waals surface area contributed by atoms with Crippen LogP contribution in [0, 0.1) is 13.8 Å². The predicted molar refractivity (Wildman–Crippen MR) is 113 cm³/mol. The van der Waals surface area contributed by atoms with Gasteiger partial charge < -0.3 is 0 Å². The van der Waals surface area contributed by atoms with Crippen LogP contribution < -0.4 is 0 Å². The lowest BCUT2D eigenvalue weighted by Crippen LogP contribution is -1.96. The molecule has 0 N–H and O–H groups in total. The van der Waals surface area contributed by atoms with E-state index in [1.807, 2.05) is 86.6 Å². The maximum Gasteiger partial charge on any atom is 0.136 e. The minimum absolute atomic E-state index is 0.413. The molecule has 0 radical (unpaired) electrons. The van der Waals surface area contributed by atoms with E-state index in [0.29, 0.717) is 10.3 Å².